The first-order chi connectivity index (χ1) is 16.8. The molecule has 1 saturated carbocycles. The van der Waals surface area contributed by atoms with Crippen molar-refractivity contribution in [3.05, 3.63) is 41.0 Å². The van der Waals surface area contributed by atoms with Gasteiger partial charge in [-0.25, -0.2) is 9.69 Å². The van der Waals surface area contributed by atoms with Gasteiger partial charge in [0.2, 0.25) is 0 Å². The Bertz CT molecular complexity index is 983. The van der Waals surface area contributed by atoms with Gasteiger partial charge in [-0.3, -0.25) is 4.79 Å². The highest BCUT2D eigenvalue weighted by Crippen LogP contribution is 2.47. The maximum Gasteiger partial charge on any atom is 0.416 e. The quantitative estimate of drug-likeness (QED) is 0.230. The van der Waals surface area contributed by atoms with Crippen molar-refractivity contribution in [2.24, 2.45) is 0 Å². The summed E-state index contributed by atoms with van der Waals surface area (Å²) in [5.74, 6) is 0.208. The van der Waals surface area contributed by atoms with Gasteiger partial charge in [0.05, 0.1) is 41.9 Å². The summed E-state index contributed by atoms with van der Waals surface area (Å²) in [5.41, 5.74) is 1.81. The van der Waals surface area contributed by atoms with Gasteiger partial charge < -0.3 is 30.1 Å². The second-order valence-corrected chi connectivity index (χ2v) is 12.1. The Hall–Kier alpha value is -1.76. The summed E-state index contributed by atoms with van der Waals surface area (Å²) < 4.78 is 5.52. The van der Waals surface area contributed by atoms with Crippen molar-refractivity contribution in [1.82, 2.24) is 4.90 Å². The Morgan fingerprint density at radius 2 is 1.86 bits per heavy atom. The van der Waals surface area contributed by atoms with Crippen LogP contribution in [0.5, 0.6) is 0 Å². The Labute approximate surface area is 212 Å². The molecular formula is C24H32N2O7S2. The number of aliphatic hydroxyl groups is 4. The number of amides is 2. The van der Waals surface area contributed by atoms with Crippen LogP contribution in [0.15, 0.2) is 24.3 Å². The van der Waals surface area contributed by atoms with Crippen LogP contribution in [0.1, 0.15) is 53.6 Å². The van der Waals surface area contributed by atoms with Crippen LogP contribution < -0.4 is 4.90 Å². The van der Waals surface area contributed by atoms with Crippen LogP contribution in [-0.4, -0.2) is 79.9 Å². The van der Waals surface area contributed by atoms with Gasteiger partial charge in [-0.05, 0) is 42.5 Å². The molecule has 2 fully saturated rings. The first-order valence-electron chi connectivity index (χ1n) is 11.7. The summed E-state index contributed by atoms with van der Waals surface area (Å²) in [6.07, 6.45) is 2.02. The molecule has 0 radical (unpaired) electrons. The van der Waals surface area contributed by atoms with Crippen LogP contribution in [0.2, 0.25) is 0 Å². The molecule has 4 N–H and O–H groups in total. The molecule has 1 aliphatic carbocycles. The molecule has 1 aromatic carbocycles. The van der Waals surface area contributed by atoms with E-state index in [1.54, 1.807) is 21.6 Å². The Balaban J connectivity index is 1.67. The lowest BCUT2D eigenvalue weighted by atomic mass is 10.0. The zero-order valence-corrected chi connectivity index (χ0v) is 21.2. The lowest BCUT2D eigenvalue weighted by molar-refractivity contribution is 0.0484. The molecule has 4 rings (SSSR count). The molecule has 1 aromatic rings. The molecule has 0 spiro atoms. The normalized spacial score (nSPS) is 23.3. The molecule has 1 saturated heterocycles. The van der Waals surface area contributed by atoms with Crippen LogP contribution in [0, 0.1) is 0 Å². The molecule has 3 aliphatic rings. The molecule has 2 atom stereocenters. The SMILES string of the molecule is C=C1C[C@H]2C(O)N(C(=O)OCC3(SSCCO)CCCC3)c3cc(CO)c(CO)cc3C(=O)N2C1. The van der Waals surface area contributed by atoms with Crippen molar-refractivity contribution in [2.75, 3.05) is 30.4 Å². The van der Waals surface area contributed by atoms with Crippen molar-refractivity contribution in [3.8, 4) is 0 Å². The van der Waals surface area contributed by atoms with E-state index in [4.69, 9.17) is 9.84 Å². The highest BCUT2D eigenvalue weighted by atomic mass is 33.1. The maximum absolute atomic E-state index is 13.5. The number of hydrogen-bond acceptors (Lipinski definition) is 9. The summed E-state index contributed by atoms with van der Waals surface area (Å²) in [6, 6.07) is 2.26. The predicted octanol–water partition coefficient (Wildman–Crippen LogP) is 2.40. The fourth-order valence-electron chi connectivity index (χ4n) is 5.07. The molecule has 35 heavy (non-hydrogen) atoms. The number of carbonyl (C=O) groups is 2. The number of fused-ring (bicyclic) bond motifs is 2. The summed E-state index contributed by atoms with van der Waals surface area (Å²) in [6.45, 7) is 3.66. The van der Waals surface area contributed by atoms with E-state index < -0.39 is 25.0 Å². The molecule has 0 bridgehead atoms. The van der Waals surface area contributed by atoms with E-state index in [1.165, 1.54) is 17.0 Å². The zero-order valence-electron chi connectivity index (χ0n) is 19.5. The summed E-state index contributed by atoms with van der Waals surface area (Å²) in [4.78, 5) is 29.5. The molecule has 0 aromatic heterocycles. The van der Waals surface area contributed by atoms with E-state index in [-0.39, 0.29) is 48.3 Å². The Kier molecular flexibility index (Phi) is 8.34. The predicted molar refractivity (Wildman–Crippen MR) is 135 cm³/mol. The largest absolute Gasteiger partial charge is 0.448 e. The van der Waals surface area contributed by atoms with Crippen LogP contribution >= 0.6 is 21.6 Å². The standard InChI is InChI=1S/C24H32N2O7S2/c1-15-8-20-22(31)26(23(32)33-14-24(4-2-3-5-24)35-34-7-6-27)19-10-17(13-29)16(12-28)9-18(19)21(30)25(20)11-15/h9-10,20,22,27-29,31H,1-8,11-14H2/t20-,22?/m0/s1. The summed E-state index contributed by atoms with van der Waals surface area (Å²) >= 11 is 0. The van der Waals surface area contributed by atoms with Crippen molar-refractivity contribution < 1.29 is 34.8 Å². The lowest BCUT2D eigenvalue weighted by Gasteiger charge is -2.33. The third-order valence-corrected chi connectivity index (χ3v) is 10.2. The number of ether oxygens (including phenoxy) is 1. The third-order valence-electron chi connectivity index (χ3n) is 6.89. The monoisotopic (exact) mass is 524 g/mol. The maximum atomic E-state index is 13.5. The molecule has 2 aliphatic heterocycles. The molecule has 9 nitrogen and oxygen atoms in total. The van der Waals surface area contributed by atoms with Gasteiger partial charge in [-0.1, -0.05) is 46.6 Å². The zero-order chi connectivity index (χ0) is 25.2. The van der Waals surface area contributed by atoms with Gasteiger partial charge in [-0.15, -0.1) is 0 Å². The average Bonchev–Trinajstić information content (AvgIpc) is 3.47. The molecule has 11 heteroatoms. The molecule has 1 unspecified atom stereocenters. The van der Waals surface area contributed by atoms with Crippen LogP contribution in [-0.2, 0) is 18.0 Å². The molecule has 2 amide bonds. The Morgan fingerprint density at radius 1 is 1.17 bits per heavy atom. The van der Waals surface area contributed by atoms with Crippen molar-refractivity contribution in [3.63, 3.8) is 0 Å². The number of carbonyl (C=O) groups excluding carboxylic acids is 2. The minimum absolute atomic E-state index is 0.0739. The van der Waals surface area contributed by atoms with Gasteiger partial charge in [0, 0.05) is 12.3 Å². The average molecular weight is 525 g/mol. The first-order valence-corrected chi connectivity index (χ1v) is 14.1. The highest BCUT2D eigenvalue weighted by molar-refractivity contribution is 8.77. The number of aliphatic hydroxyl groups excluding tert-OH is 4. The fraction of sp³-hybridized carbons (Fsp3) is 0.583. The minimum atomic E-state index is -1.37. The summed E-state index contributed by atoms with van der Waals surface area (Å²) in [7, 11) is 3.18. The second kappa shape index (κ2) is 11.1. The lowest BCUT2D eigenvalue weighted by Crippen LogP contribution is -2.51. The first kappa shape index (κ1) is 26.3. The van der Waals surface area contributed by atoms with Gasteiger partial charge >= 0.3 is 6.09 Å². The molecular weight excluding hydrogens is 492 g/mol. The van der Waals surface area contributed by atoms with Crippen molar-refractivity contribution >= 4 is 39.3 Å². The van der Waals surface area contributed by atoms with E-state index in [0.29, 0.717) is 23.3 Å². The van der Waals surface area contributed by atoms with Gasteiger partial charge in [-0.2, -0.15) is 0 Å². The smallest absolute Gasteiger partial charge is 0.416 e. The van der Waals surface area contributed by atoms with Gasteiger partial charge in [0.15, 0.2) is 6.23 Å². The van der Waals surface area contributed by atoms with Crippen LogP contribution in [0.25, 0.3) is 0 Å². The van der Waals surface area contributed by atoms with E-state index in [2.05, 4.69) is 6.58 Å². The number of nitrogens with zero attached hydrogens (tertiary/aromatic N) is 2. The van der Waals surface area contributed by atoms with Crippen LogP contribution in [0.3, 0.4) is 0 Å². The van der Waals surface area contributed by atoms with Gasteiger partial charge in [0.1, 0.15) is 6.61 Å². The van der Waals surface area contributed by atoms with E-state index in [1.807, 2.05) is 0 Å². The van der Waals surface area contributed by atoms with Crippen molar-refractivity contribution in [1.29, 1.82) is 0 Å². The topological polar surface area (TPSA) is 131 Å². The highest BCUT2D eigenvalue weighted by Gasteiger charge is 2.46. The summed E-state index contributed by atoms with van der Waals surface area (Å²) in [5, 5.41) is 40.0. The molecule has 2 heterocycles. The van der Waals surface area contributed by atoms with E-state index >= 15 is 0 Å². The van der Waals surface area contributed by atoms with E-state index in [0.717, 1.165) is 36.2 Å². The van der Waals surface area contributed by atoms with E-state index in [9.17, 15) is 24.9 Å². The second-order valence-electron chi connectivity index (χ2n) is 9.27. The van der Waals surface area contributed by atoms with Gasteiger partial charge in [0.25, 0.3) is 5.91 Å². The van der Waals surface area contributed by atoms with Crippen LogP contribution in [0.4, 0.5) is 10.5 Å². The fourth-order valence-corrected chi connectivity index (χ4v) is 7.91. The number of anilines is 1. The number of rotatable bonds is 8. The molecule has 192 valence electrons. The van der Waals surface area contributed by atoms with Crippen molar-refractivity contribution in [2.45, 2.75) is 62.3 Å². The number of hydrogen-bond donors (Lipinski definition) is 4. The number of benzene rings is 1. The third kappa shape index (κ3) is 5.21. The Morgan fingerprint density at radius 3 is 2.51 bits per heavy atom. The minimum Gasteiger partial charge on any atom is -0.448 e.